The van der Waals surface area contributed by atoms with Crippen molar-refractivity contribution in [1.82, 2.24) is 14.8 Å². The predicted molar refractivity (Wildman–Crippen MR) is 110 cm³/mol. The number of ether oxygens (including phenoxy) is 1. The molecule has 1 aromatic heterocycles. The van der Waals surface area contributed by atoms with E-state index in [9.17, 15) is 22.0 Å². The number of nitrogens with zero attached hydrogens (tertiary/aromatic N) is 3. The highest BCUT2D eigenvalue weighted by molar-refractivity contribution is 9.10. The van der Waals surface area contributed by atoms with Crippen molar-refractivity contribution < 1.29 is 26.7 Å². The molecule has 0 aliphatic carbocycles. The largest absolute Gasteiger partial charge is 0.416 e. The summed E-state index contributed by atoms with van der Waals surface area (Å²) in [6.07, 6.45) is -3.29. The van der Waals surface area contributed by atoms with Gasteiger partial charge < -0.3 is 10.1 Å². The second-order valence-corrected chi connectivity index (χ2v) is 8.53. The van der Waals surface area contributed by atoms with E-state index in [1.807, 2.05) is 6.07 Å². The maximum atomic E-state index is 13.4. The minimum Gasteiger partial charge on any atom is -0.381 e. The first-order valence-electron chi connectivity index (χ1n) is 9.62. The Kier molecular flexibility index (Phi) is 6.22. The van der Waals surface area contributed by atoms with Crippen LogP contribution < -0.4 is 5.32 Å². The fraction of sp³-hybridized carbons (Fsp3) is 0.333. The van der Waals surface area contributed by atoms with Crippen molar-refractivity contribution in [3.63, 3.8) is 0 Å². The summed E-state index contributed by atoms with van der Waals surface area (Å²) < 4.78 is 72.9. The Morgan fingerprint density at radius 2 is 1.94 bits per heavy atom. The average Bonchev–Trinajstić information content (AvgIpc) is 3.18. The smallest absolute Gasteiger partial charge is 0.381 e. The van der Waals surface area contributed by atoms with Crippen LogP contribution in [0.15, 0.2) is 53.3 Å². The van der Waals surface area contributed by atoms with Crippen LogP contribution in [0.1, 0.15) is 29.1 Å². The first-order valence-corrected chi connectivity index (χ1v) is 10.4. The van der Waals surface area contributed by atoms with Crippen molar-refractivity contribution in [2.24, 2.45) is 0 Å². The molecule has 0 spiro atoms. The van der Waals surface area contributed by atoms with E-state index in [2.05, 4.69) is 31.4 Å². The fourth-order valence-corrected chi connectivity index (χ4v) is 4.06. The van der Waals surface area contributed by atoms with Crippen LogP contribution in [0.3, 0.4) is 0 Å². The molecule has 0 atom stereocenters. The number of rotatable bonds is 7. The van der Waals surface area contributed by atoms with E-state index < -0.39 is 23.7 Å². The third-order valence-corrected chi connectivity index (χ3v) is 5.94. The van der Waals surface area contributed by atoms with Gasteiger partial charge in [-0.25, -0.2) is 0 Å². The molecule has 0 bridgehead atoms. The lowest BCUT2D eigenvalue weighted by Gasteiger charge is -2.42. The monoisotopic (exact) mass is 516 g/mol. The molecule has 2 aromatic carbocycles. The minimum atomic E-state index is -4.48. The number of halogens is 6. The van der Waals surface area contributed by atoms with Crippen molar-refractivity contribution >= 4 is 21.6 Å². The van der Waals surface area contributed by atoms with Gasteiger partial charge in [0.05, 0.1) is 18.8 Å². The molecule has 32 heavy (non-hydrogen) atoms. The van der Waals surface area contributed by atoms with E-state index in [4.69, 9.17) is 4.74 Å². The first-order chi connectivity index (χ1) is 15.2. The summed E-state index contributed by atoms with van der Waals surface area (Å²) in [5.74, 6) is 0.145. The summed E-state index contributed by atoms with van der Waals surface area (Å²) in [4.78, 5) is 0. The van der Waals surface area contributed by atoms with Gasteiger partial charge in [0.25, 0.3) is 0 Å². The van der Waals surface area contributed by atoms with Crippen molar-refractivity contribution in [1.29, 1.82) is 0 Å². The normalized spacial score (nSPS) is 15.6. The Hall–Kier alpha value is -2.53. The summed E-state index contributed by atoms with van der Waals surface area (Å²) in [5.41, 5.74) is 0.264. The van der Waals surface area contributed by atoms with E-state index in [1.165, 1.54) is 6.07 Å². The average molecular weight is 517 g/mol. The second-order valence-electron chi connectivity index (χ2n) is 7.62. The number of hydrogen-bond acceptors (Lipinski definition) is 4. The van der Waals surface area contributed by atoms with Crippen LogP contribution in [0.2, 0.25) is 0 Å². The Morgan fingerprint density at radius 3 is 2.59 bits per heavy atom. The zero-order valence-corrected chi connectivity index (χ0v) is 18.1. The number of alkyl halides is 5. The van der Waals surface area contributed by atoms with E-state index >= 15 is 0 Å². The Labute approximate surface area is 188 Å². The third kappa shape index (κ3) is 4.63. The molecule has 170 valence electrons. The Balaban J connectivity index is 1.55. The predicted octanol–water partition coefficient (Wildman–Crippen LogP) is 5.58. The van der Waals surface area contributed by atoms with E-state index in [1.54, 1.807) is 24.3 Å². The van der Waals surface area contributed by atoms with Crippen molar-refractivity contribution in [2.45, 2.75) is 31.1 Å². The molecule has 0 radical (unpaired) electrons. The highest BCUT2D eigenvalue weighted by Gasteiger charge is 2.42. The Bertz CT molecular complexity index is 1100. The molecule has 3 aromatic rings. The highest BCUT2D eigenvalue weighted by atomic mass is 79.9. The van der Waals surface area contributed by atoms with Gasteiger partial charge in [-0.15, -0.1) is 10.2 Å². The minimum absolute atomic E-state index is 0.0330. The molecule has 1 N–H and O–H groups in total. The lowest BCUT2D eigenvalue weighted by atomic mass is 9.75. The number of hydrogen-bond donors (Lipinski definition) is 1. The van der Waals surface area contributed by atoms with Gasteiger partial charge in [0.15, 0.2) is 0 Å². The molecular weight excluding hydrogens is 499 g/mol. The second kappa shape index (κ2) is 8.78. The summed E-state index contributed by atoms with van der Waals surface area (Å²) in [5, 5.41) is 10.4. The topological polar surface area (TPSA) is 52.0 Å². The number of nitrogens with one attached hydrogen (secondary N) is 1. The zero-order chi connectivity index (χ0) is 22.9. The van der Waals surface area contributed by atoms with Crippen LogP contribution in [-0.2, 0) is 29.3 Å². The highest BCUT2D eigenvalue weighted by Crippen LogP contribution is 2.38. The van der Waals surface area contributed by atoms with Gasteiger partial charge in [-0.1, -0.05) is 34.1 Å². The van der Waals surface area contributed by atoms with Gasteiger partial charge in [0.2, 0.25) is 0 Å². The SMILES string of the molecule is FC(F)n1cnnc1CC1(c2cccc(NCc3ccc(Br)cc3C(F)(F)F)c2)COC1. The molecule has 1 aliphatic heterocycles. The van der Waals surface area contributed by atoms with Gasteiger partial charge in [-0.2, -0.15) is 22.0 Å². The van der Waals surface area contributed by atoms with Gasteiger partial charge >= 0.3 is 12.7 Å². The van der Waals surface area contributed by atoms with Gasteiger partial charge in [0, 0.05) is 28.5 Å². The molecule has 5 nitrogen and oxygen atoms in total. The van der Waals surface area contributed by atoms with Crippen LogP contribution in [0.5, 0.6) is 0 Å². The van der Waals surface area contributed by atoms with Gasteiger partial charge in [0.1, 0.15) is 12.2 Å². The lowest BCUT2D eigenvalue weighted by Crippen LogP contribution is -2.49. The molecule has 0 saturated carbocycles. The molecule has 1 aliphatic rings. The molecule has 11 heteroatoms. The standard InChI is InChI=1S/C21H18BrF5N4O/c22-15-5-4-13(17(7-15)21(25,26)27)9-28-16-3-1-2-14(6-16)20(10-32-11-20)8-18-30-29-12-31(18)19(23)24/h1-7,12,19,28H,8-11H2. The summed E-state index contributed by atoms with van der Waals surface area (Å²) in [6, 6.07) is 11.2. The van der Waals surface area contributed by atoms with Crippen molar-refractivity contribution in [2.75, 3.05) is 18.5 Å². The fourth-order valence-electron chi connectivity index (χ4n) is 3.70. The molecule has 0 amide bonds. The van der Waals surface area contributed by atoms with Gasteiger partial charge in [-0.05, 0) is 35.4 Å². The maximum Gasteiger partial charge on any atom is 0.416 e. The zero-order valence-electron chi connectivity index (χ0n) is 16.5. The molecule has 4 rings (SSSR count). The maximum absolute atomic E-state index is 13.4. The number of aromatic nitrogens is 3. The molecule has 1 fully saturated rings. The Morgan fingerprint density at radius 1 is 1.16 bits per heavy atom. The quantitative estimate of drug-likeness (QED) is 0.416. The molecule has 1 saturated heterocycles. The van der Waals surface area contributed by atoms with Crippen molar-refractivity contribution in [3.05, 3.63) is 75.8 Å². The molecule has 2 heterocycles. The molecule has 0 unspecified atom stereocenters. The number of benzene rings is 2. The van der Waals surface area contributed by atoms with Crippen LogP contribution >= 0.6 is 15.9 Å². The van der Waals surface area contributed by atoms with Gasteiger partial charge in [-0.3, -0.25) is 4.57 Å². The lowest BCUT2D eigenvalue weighted by molar-refractivity contribution is -0.138. The van der Waals surface area contributed by atoms with Crippen molar-refractivity contribution in [3.8, 4) is 0 Å². The first kappa shape index (κ1) is 22.7. The summed E-state index contributed by atoms with van der Waals surface area (Å²) >= 11 is 3.08. The van der Waals surface area contributed by atoms with Crippen LogP contribution in [0.4, 0.5) is 27.6 Å². The van der Waals surface area contributed by atoms with Crippen LogP contribution in [0.25, 0.3) is 0 Å². The summed E-state index contributed by atoms with van der Waals surface area (Å²) in [6.45, 7) is -2.15. The van der Waals surface area contributed by atoms with Crippen LogP contribution in [0, 0.1) is 0 Å². The van der Waals surface area contributed by atoms with E-state index in [0.29, 0.717) is 27.9 Å². The van der Waals surface area contributed by atoms with E-state index in [-0.39, 0.29) is 24.4 Å². The molecular formula is C21H18BrF5N4O. The van der Waals surface area contributed by atoms with Crippen LogP contribution in [-0.4, -0.2) is 28.0 Å². The summed E-state index contributed by atoms with van der Waals surface area (Å²) in [7, 11) is 0. The van der Waals surface area contributed by atoms with E-state index in [0.717, 1.165) is 18.0 Å². The number of anilines is 1. The third-order valence-electron chi connectivity index (χ3n) is 5.45.